The lowest BCUT2D eigenvalue weighted by Gasteiger charge is -2.08. The molecule has 1 aromatic carbocycles. The monoisotopic (exact) mass is 260 g/mol. The van der Waals surface area contributed by atoms with Gasteiger partial charge in [-0.25, -0.2) is 0 Å². The Hall–Kier alpha value is -1.15. The molecule has 0 N–H and O–H groups in total. The first-order valence-electron chi connectivity index (χ1n) is 7.34. The summed E-state index contributed by atoms with van der Waals surface area (Å²) in [6, 6.07) is 6.30. The molecule has 2 nitrogen and oxygen atoms in total. The minimum absolute atomic E-state index is 0.348. The van der Waals surface area contributed by atoms with Gasteiger partial charge >= 0.3 is 0 Å². The molecule has 0 saturated carbocycles. The van der Waals surface area contributed by atoms with E-state index in [0.717, 1.165) is 25.0 Å². The third kappa shape index (κ3) is 4.46. The van der Waals surface area contributed by atoms with E-state index in [0.29, 0.717) is 24.7 Å². The standard InChI is InChI=1S/C17H24O2/c1-13-8-9-15(11-14(13)2)12-16(18)5-3-6-17-7-4-10-19-17/h8-9,11,17H,3-7,10,12H2,1-2H3. The highest BCUT2D eigenvalue weighted by Crippen LogP contribution is 2.18. The molecule has 2 rings (SSSR count). The Morgan fingerprint density at radius 3 is 2.84 bits per heavy atom. The van der Waals surface area contributed by atoms with Crippen LogP contribution in [0.2, 0.25) is 0 Å². The summed E-state index contributed by atoms with van der Waals surface area (Å²) in [5.74, 6) is 0.348. The molecule has 1 unspecified atom stereocenters. The van der Waals surface area contributed by atoms with Gasteiger partial charge in [-0.1, -0.05) is 18.2 Å². The van der Waals surface area contributed by atoms with Gasteiger partial charge in [-0.05, 0) is 56.2 Å². The number of rotatable bonds is 6. The summed E-state index contributed by atoms with van der Waals surface area (Å²) >= 11 is 0. The number of ketones is 1. The first kappa shape index (κ1) is 14.3. The highest BCUT2D eigenvalue weighted by atomic mass is 16.5. The molecule has 0 bridgehead atoms. The van der Waals surface area contributed by atoms with Crippen LogP contribution in [0.5, 0.6) is 0 Å². The summed E-state index contributed by atoms with van der Waals surface area (Å²) < 4.78 is 5.57. The zero-order valence-electron chi connectivity index (χ0n) is 12.1. The van der Waals surface area contributed by atoms with Gasteiger partial charge in [0, 0.05) is 19.4 Å². The second kappa shape index (κ2) is 6.85. The average Bonchev–Trinajstić information content (AvgIpc) is 2.87. The van der Waals surface area contributed by atoms with E-state index in [1.807, 2.05) is 0 Å². The molecule has 1 saturated heterocycles. The first-order valence-corrected chi connectivity index (χ1v) is 7.34. The maximum absolute atomic E-state index is 11.9. The highest BCUT2D eigenvalue weighted by molar-refractivity contribution is 5.80. The number of Topliss-reactive ketones (excluding diaryl/α,β-unsaturated/α-hetero) is 1. The Kier molecular flexibility index (Phi) is 5.15. The van der Waals surface area contributed by atoms with Crippen LogP contribution in [0.3, 0.4) is 0 Å². The molecular formula is C17H24O2. The van der Waals surface area contributed by atoms with E-state index < -0.39 is 0 Å². The number of hydrogen-bond donors (Lipinski definition) is 0. The molecule has 0 aromatic heterocycles. The van der Waals surface area contributed by atoms with Crippen LogP contribution >= 0.6 is 0 Å². The van der Waals surface area contributed by atoms with Crippen molar-refractivity contribution in [3.8, 4) is 0 Å². The third-order valence-electron chi connectivity index (χ3n) is 3.98. The Bertz CT molecular complexity index is 431. The van der Waals surface area contributed by atoms with Crippen LogP contribution in [0, 0.1) is 13.8 Å². The molecule has 1 aromatic rings. The van der Waals surface area contributed by atoms with Gasteiger partial charge in [-0.15, -0.1) is 0 Å². The van der Waals surface area contributed by atoms with E-state index in [1.165, 1.54) is 24.0 Å². The van der Waals surface area contributed by atoms with Gasteiger partial charge in [0.2, 0.25) is 0 Å². The number of ether oxygens (including phenoxy) is 1. The van der Waals surface area contributed by atoms with Gasteiger partial charge < -0.3 is 4.74 Å². The van der Waals surface area contributed by atoms with Crippen LogP contribution in [-0.2, 0) is 16.0 Å². The molecule has 0 spiro atoms. The predicted octanol–water partition coefficient (Wildman–Crippen LogP) is 3.76. The van der Waals surface area contributed by atoms with Crippen LogP contribution in [0.15, 0.2) is 18.2 Å². The van der Waals surface area contributed by atoms with E-state index >= 15 is 0 Å². The molecule has 19 heavy (non-hydrogen) atoms. The highest BCUT2D eigenvalue weighted by Gasteiger charge is 2.15. The Morgan fingerprint density at radius 1 is 1.32 bits per heavy atom. The topological polar surface area (TPSA) is 26.3 Å². The van der Waals surface area contributed by atoms with Crippen molar-refractivity contribution >= 4 is 5.78 Å². The van der Waals surface area contributed by atoms with Crippen LogP contribution in [0.4, 0.5) is 0 Å². The van der Waals surface area contributed by atoms with Gasteiger partial charge in [0.05, 0.1) is 6.10 Å². The van der Waals surface area contributed by atoms with Gasteiger partial charge in [0.25, 0.3) is 0 Å². The molecule has 1 fully saturated rings. The van der Waals surface area contributed by atoms with Gasteiger partial charge in [0.1, 0.15) is 5.78 Å². The van der Waals surface area contributed by atoms with Crippen LogP contribution < -0.4 is 0 Å². The zero-order valence-corrected chi connectivity index (χ0v) is 12.1. The summed E-state index contributed by atoms with van der Waals surface area (Å²) in [4.78, 5) is 11.9. The van der Waals surface area contributed by atoms with Crippen molar-refractivity contribution in [2.45, 2.75) is 58.5 Å². The molecule has 0 aliphatic carbocycles. The fourth-order valence-electron chi connectivity index (χ4n) is 2.63. The minimum atomic E-state index is 0.348. The Balaban J connectivity index is 1.72. The number of aryl methyl sites for hydroxylation is 2. The van der Waals surface area contributed by atoms with Crippen molar-refractivity contribution < 1.29 is 9.53 Å². The fourth-order valence-corrected chi connectivity index (χ4v) is 2.63. The van der Waals surface area contributed by atoms with Crippen molar-refractivity contribution in [2.75, 3.05) is 6.61 Å². The largest absolute Gasteiger partial charge is 0.378 e. The van der Waals surface area contributed by atoms with Gasteiger partial charge in [-0.3, -0.25) is 4.79 Å². The predicted molar refractivity (Wildman–Crippen MR) is 77.5 cm³/mol. The molecule has 0 radical (unpaired) electrons. The second-order valence-corrected chi connectivity index (χ2v) is 5.66. The van der Waals surface area contributed by atoms with Crippen LogP contribution in [0.1, 0.15) is 48.8 Å². The lowest BCUT2D eigenvalue weighted by molar-refractivity contribution is -0.118. The summed E-state index contributed by atoms with van der Waals surface area (Å²) in [5, 5.41) is 0. The lowest BCUT2D eigenvalue weighted by Crippen LogP contribution is -2.08. The van der Waals surface area contributed by atoms with E-state index in [2.05, 4.69) is 32.0 Å². The normalized spacial score (nSPS) is 18.7. The van der Waals surface area contributed by atoms with E-state index in [1.54, 1.807) is 0 Å². The van der Waals surface area contributed by atoms with Crippen LogP contribution in [0.25, 0.3) is 0 Å². The summed E-state index contributed by atoms with van der Waals surface area (Å²) in [6.45, 7) is 5.10. The average molecular weight is 260 g/mol. The van der Waals surface area contributed by atoms with Crippen molar-refractivity contribution in [1.82, 2.24) is 0 Å². The van der Waals surface area contributed by atoms with E-state index in [9.17, 15) is 4.79 Å². The summed E-state index contributed by atoms with van der Waals surface area (Å²) in [5.41, 5.74) is 3.70. The number of carbonyl (C=O) groups excluding carboxylic acids is 1. The Labute approximate surface area is 116 Å². The summed E-state index contributed by atoms with van der Waals surface area (Å²) in [6.07, 6.45) is 6.04. The number of benzene rings is 1. The van der Waals surface area contributed by atoms with Gasteiger partial charge in [0.15, 0.2) is 0 Å². The molecule has 1 aliphatic heterocycles. The van der Waals surface area contributed by atoms with Crippen molar-refractivity contribution in [3.05, 3.63) is 34.9 Å². The van der Waals surface area contributed by atoms with Crippen LogP contribution in [-0.4, -0.2) is 18.5 Å². The molecule has 0 amide bonds. The smallest absolute Gasteiger partial charge is 0.137 e. The van der Waals surface area contributed by atoms with Crippen molar-refractivity contribution in [3.63, 3.8) is 0 Å². The Morgan fingerprint density at radius 2 is 2.16 bits per heavy atom. The molecule has 1 atom stereocenters. The zero-order chi connectivity index (χ0) is 13.7. The SMILES string of the molecule is Cc1ccc(CC(=O)CCCC2CCCO2)cc1C. The van der Waals surface area contributed by atoms with E-state index in [-0.39, 0.29) is 0 Å². The summed E-state index contributed by atoms with van der Waals surface area (Å²) in [7, 11) is 0. The molecule has 2 heteroatoms. The lowest BCUT2D eigenvalue weighted by atomic mass is 10.00. The number of carbonyl (C=O) groups is 1. The number of hydrogen-bond acceptors (Lipinski definition) is 2. The fraction of sp³-hybridized carbons (Fsp3) is 0.588. The minimum Gasteiger partial charge on any atom is -0.378 e. The maximum atomic E-state index is 11.9. The van der Waals surface area contributed by atoms with E-state index in [4.69, 9.17) is 4.74 Å². The second-order valence-electron chi connectivity index (χ2n) is 5.66. The van der Waals surface area contributed by atoms with Crippen molar-refractivity contribution in [1.29, 1.82) is 0 Å². The third-order valence-corrected chi connectivity index (χ3v) is 3.98. The molecular weight excluding hydrogens is 236 g/mol. The molecule has 1 aliphatic rings. The molecule has 1 heterocycles. The van der Waals surface area contributed by atoms with Crippen molar-refractivity contribution in [2.24, 2.45) is 0 Å². The maximum Gasteiger partial charge on any atom is 0.137 e. The quantitative estimate of drug-likeness (QED) is 0.778. The first-order chi connectivity index (χ1) is 9.15. The van der Waals surface area contributed by atoms with Gasteiger partial charge in [-0.2, -0.15) is 0 Å². The molecule has 104 valence electrons.